The van der Waals surface area contributed by atoms with Crippen molar-refractivity contribution in [1.29, 1.82) is 0 Å². The Balaban J connectivity index is 1.63. The number of rotatable bonds is 5. The molecule has 1 fully saturated rings. The lowest BCUT2D eigenvalue weighted by molar-refractivity contribution is -0.137. The van der Waals surface area contributed by atoms with Crippen LogP contribution in [0.2, 0.25) is 0 Å². The van der Waals surface area contributed by atoms with E-state index in [1.807, 2.05) is 18.2 Å². The Morgan fingerprint density at radius 3 is 2.72 bits per heavy atom. The maximum absolute atomic E-state index is 13.3. The summed E-state index contributed by atoms with van der Waals surface area (Å²) in [6, 6.07) is 9.53. The number of carbonyl (C=O) groups is 1. The van der Waals surface area contributed by atoms with Gasteiger partial charge in [-0.25, -0.2) is 4.98 Å². The zero-order chi connectivity index (χ0) is 22.9. The second-order valence-corrected chi connectivity index (χ2v) is 9.02. The summed E-state index contributed by atoms with van der Waals surface area (Å²) in [5.74, 6) is 0.795. The number of hydrogen-bond acceptors (Lipinski definition) is 4. The number of nitrogens with one attached hydrogen (secondary N) is 1. The molecular weight excluding hydrogens is 417 g/mol. The fourth-order valence-corrected chi connectivity index (χ4v) is 4.66. The van der Waals surface area contributed by atoms with Crippen LogP contribution in [0.1, 0.15) is 31.4 Å². The predicted molar refractivity (Wildman–Crippen MR) is 119 cm³/mol. The molecule has 1 saturated heterocycles. The smallest absolute Gasteiger partial charge is 0.364 e. The quantitative estimate of drug-likeness (QED) is 0.751. The molecule has 1 aromatic carbocycles. The Morgan fingerprint density at radius 2 is 2.03 bits per heavy atom. The molecule has 0 saturated carbocycles. The van der Waals surface area contributed by atoms with Crippen molar-refractivity contribution in [2.24, 2.45) is 11.8 Å². The van der Waals surface area contributed by atoms with Crippen molar-refractivity contribution in [3.8, 4) is 0 Å². The van der Waals surface area contributed by atoms with Crippen LogP contribution in [-0.4, -0.2) is 43.1 Å². The number of aromatic nitrogens is 1. The van der Waals surface area contributed by atoms with Gasteiger partial charge in [0.15, 0.2) is 0 Å². The lowest BCUT2D eigenvalue weighted by Crippen LogP contribution is -2.61. The van der Waals surface area contributed by atoms with E-state index >= 15 is 0 Å². The first-order chi connectivity index (χ1) is 15.2. The minimum Gasteiger partial charge on any atom is -0.364 e. The molecule has 1 amide bonds. The summed E-state index contributed by atoms with van der Waals surface area (Å²) < 4.78 is 40.0. The number of fused-ring (bicyclic) bond motifs is 3. The molecule has 8 heteroatoms. The molecule has 2 aliphatic heterocycles. The van der Waals surface area contributed by atoms with Crippen LogP contribution in [0.25, 0.3) is 0 Å². The number of nitrogens with zero attached hydrogens (tertiary/aromatic N) is 3. The summed E-state index contributed by atoms with van der Waals surface area (Å²) in [6.45, 7) is 6.66. The minimum atomic E-state index is -4.40. The van der Waals surface area contributed by atoms with Gasteiger partial charge in [-0.05, 0) is 54.7 Å². The van der Waals surface area contributed by atoms with E-state index in [0.717, 1.165) is 24.0 Å². The van der Waals surface area contributed by atoms with Crippen molar-refractivity contribution in [3.05, 3.63) is 53.7 Å². The fraction of sp³-hybridized carbons (Fsp3) is 0.500. The molecule has 2 unspecified atom stereocenters. The molecule has 4 rings (SSSR count). The van der Waals surface area contributed by atoms with Crippen molar-refractivity contribution in [2.75, 3.05) is 36.0 Å². The number of halogens is 3. The Morgan fingerprint density at radius 1 is 1.22 bits per heavy atom. The summed E-state index contributed by atoms with van der Waals surface area (Å²) in [6.07, 6.45) is -1.50. The molecule has 0 aliphatic carbocycles. The topological polar surface area (TPSA) is 48.5 Å². The van der Waals surface area contributed by atoms with Crippen molar-refractivity contribution in [3.63, 3.8) is 0 Å². The monoisotopic (exact) mass is 446 g/mol. The van der Waals surface area contributed by atoms with Gasteiger partial charge in [-0.2, -0.15) is 13.2 Å². The molecule has 32 heavy (non-hydrogen) atoms. The van der Waals surface area contributed by atoms with Crippen LogP contribution < -0.4 is 15.1 Å². The minimum absolute atomic E-state index is 0.0911. The number of pyridine rings is 1. The highest BCUT2D eigenvalue weighted by atomic mass is 19.4. The average Bonchev–Trinajstić information content (AvgIpc) is 2.77. The fourth-order valence-electron chi connectivity index (χ4n) is 4.66. The zero-order valence-electron chi connectivity index (χ0n) is 18.4. The molecule has 172 valence electrons. The summed E-state index contributed by atoms with van der Waals surface area (Å²) >= 11 is 0. The Bertz CT molecular complexity index is 948. The molecule has 3 heterocycles. The van der Waals surface area contributed by atoms with Gasteiger partial charge in [-0.3, -0.25) is 4.79 Å². The van der Waals surface area contributed by atoms with E-state index in [0.29, 0.717) is 44.1 Å². The normalized spacial score (nSPS) is 20.7. The summed E-state index contributed by atoms with van der Waals surface area (Å²) in [4.78, 5) is 21.9. The van der Waals surface area contributed by atoms with Gasteiger partial charge >= 0.3 is 6.18 Å². The number of carbonyl (C=O) groups excluding carboxylic acids is 1. The third-order valence-electron chi connectivity index (χ3n) is 6.37. The molecule has 2 atom stereocenters. The Hall–Kier alpha value is -2.77. The van der Waals surface area contributed by atoms with E-state index in [2.05, 4.69) is 33.9 Å². The predicted octanol–water partition coefficient (Wildman–Crippen LogP) is 4.13. The molecule has 1 N–H and O–H groups in total. The first-order valence-corrected chi connectivity index (χ1v) is 11.1. The largest absolute Gasteiger partial charge is 0.416 e. The highest BCUT2D eigenvalue weighted by molar-refractivity contribution is 5.82. The first-order valence-electron chi connectivity index (χ1n) is 11.1. The van der Waals surface area contributed by atoms with Crippen molar-refractivity contribution in [2.45, 2.75) is 38.9 Å². The van der Waals surface area contributed by atoms with Crippen LogP contribution in [0.15, 0.2) is 42.6 Å². The Kier molecular flexibility index (Phi) is 6.31. The van der Waals surface area contributed by atoms with Crippen molar-refractivity contribution >= 4 is 17.4 Å². The standard InChI is InChI=1S/C24H29F3N4O/c1-16(2)8-10-29-23(32)19-14-17-13-18(24(25,26)27)6-7-20(17)31-12-11-30(15-21(19)31)22-5-3-4-9-28-22/h3-7,9,13,16,19,21H,8,10-12,14-15H2,1-2H3,(H,29,32). The number of amides is 1. The van der Waals surface area contributed by atoms with E-state index in [1.54, 1.807) is 12.3 Å². The van der Waals surface area contributed by atoms with E-state index < -0.39 is 17.7 Å². The van der Waals surface area contributed by atoms with Crippen LogP contribution in [0.3, 0.4) is 0 Å². The summed E-state index contributed by atoms with van der Waals surface area (Å²) in [7, 11) is 0. The van der Waals surface area contributed by atoms with Gasteiger partial charge < -0.3 is 15.1 Å². The van der Waals surface area contributed by atoms with Crippen LogP contribution in [0, 0.1) is 11.8 Å². The van der Waals surface area contributed by atoms with Gasteiger partial charge in [0, 0.05) is 38.1 Å². The maximum atomic E-state index is 13.3. The highest BCUT2D eigenvalue weighted by Gasteiger charge is 2.42. The van der Waals surface area contributed by atoms with Crippen LogP contribution in [-0.2, 0) is 17.4 Å². The molecule has 5 nitrogen and oxygen atoms in total. The number of alkyl halides is 3. The van der Waals surface area contributed by atoms with Gasteiger partial charge in [0.25, 0.3) is 0 Å². The molecule has 2 aliphatic rings. The molecule has 2 aromatic rings. The number of piperazine rings is 1. The highest BCUT2D eigenvalue weighted by Crippen LogP contribution is 2.40. The number of anilines is 2. The maximum Gasteiger partial charge on any atom is 0.416 e. The van der Waals surface area contributed by atoms with Gasteiger partial charge in [-0.1, -0.05) is 19.9 Å². The Labute approximate surface area is 186 Å². The van der Waals surface area contributed by atoms with Crippen LogP contribution >= 0.6 is 0 Å². The second-order valence-electron chi connectivity index (χ2n) is 9.02. The summed E-state index contributed by atoms with van der Waals surface area (Å²) in [5, 5.41) is 3.03. The number of benzene rings is 1. The van der Waals surface area contributed by atoms with Crippen molar-refractivity contribution < 1.29 is 18.0 Å². The zero-order valence-corrected chi connectivity index (χ0v) is 18.4. The van der Waals surface area contributed by atoms with E-state index in [1.165, 1.54) is 6.07 Å². The average molecular weight is 447 g/mol. The lowest BCUT2D eigenvalue weighted by atomic mass is 9.82. The van der Waals surface area contributed by atoms with Crippen LogP contribution in [0.4, 0.5) is 24.7 Å². The van der Waals surface area contributed by atoms with Gasteiger partial charge in [-0.15, -0.1) is 0 Å². The van der Waals surface area contributed by atoms with Gasteiger partial charge in [0.1, 0.15) is 5.82 Å². The summed E-state index contributed by atoms with van der Waals surface area (Å²) in [5.41, 5.74) is 0.724. The molecule has 1 aromatic heterocycles. The third kappa shape index (κ3) is 4.69. The van der Waals surface area contributed by atoms with Gasteiger partial charge in [0.05, 0.1) is 17.5 Å². The lowest BCUT2D eigenvalue weighted by Gasteiger charge is -2.49. The van der Waals surface area contributed by atoms with E-state index in [4.69, 9.17) is 0 Å². The third-order valence-corrected chi connectivity index (χ3v) is 6.37. The molecule has 0 bridgehead atoms. The van der Waals surface area contributed by atoms with E-state index in [-0.39, 0.29) is 11.9 Å². The second kappa shape index (κ2) is 9.00. The first kappa shape index (κ1) is 22.4. The molecule has 0 spiro atoms. The van der Waals surface area contributed by atoms with E-state index in [9.17, 15) is 18.0 Å². The molecule has 0 radical (unpaired) electrons. The van der Waals surface area contributed by atoms with Crippen molar-refractivity contribution in [1.82, 2.24) is 10.3 Å². The van der Waals surface area contributed by atoms with Gasteiger partial charge in [0.2, 0.25) is 5.91 Å². The number of hydrogen-bond donors (Lipinski definition) is 1. The molecular formula is C24H29F3N4O. The van der Waals surface area contributed by atoms with Crippen LogP contribution in [0.5, 0.6) is 0 Å². The SMILES string of the molecule is CC(C)CCNC(=O)C1Cc2cc(C(F)(F)F)ccc2N2CCN(c3ccccn3)CC12.